The second-order valence-corrected chi connectivity index (χ2v) is 4.67. The highest BCUT2D eigenvalue weighted by atomic mass is 32.1. The lowest BCUT2D eigenvalue weighted by Crippen LogP contribution is -2.27. The molecule has 0 fully saturated rings. The molecule has 0 aliphatic rings. The molecule has 88 valence electrons. The van der Waals surface area contributed by atoms with Gasteiger partial charge in [0.05, 0.1) is 0 Å². The Kier molecular flexibility index (Phi) is 3.90. The molecule has 0 saturated carbocycles. The highest BCUT2D eigenvalue weighted by Crippen LogP contribution is 2.15. The molecule has 17 heavy (non-hydrogen) atoms. The van der Waals surface area contributed by atoms with Crippen molar-refractivity contribution in [2.45, 2.75) is 12.6 Å². The molecule has 0 saturated heterocycles. The number of carbonyl (C=O) groups is 1. The summed E-state index contributed by atoms with van der Waals surface area (Å²) in [5.74, 6) is -0.854. The van der Waals surface area contributed by atoms with Gasteiger partial charge >= 0.3 is 5.97 Å². The molecule has 0 amide bonds. The van der Waals surface area contributed by atoms with Crippen molar-refractivity contribution < 1.29 is 9.90 Å². The number of rotatable bonds is 5. The van der Waals surface area contributed by atoms with E-state index in [1.165, 1.54) is 0 Å². The van der Waals surface area contributed by atoms with E-state index in [0.717, 1.165) is 10.4 Å². The standard InChI is InChI=1S/C13H13NO2S/c15-13(16)12(10-5-2-1-3-6-10)14-9-11-7-4-8-17-11/h1-8,12,14H,9H2,(H,15,16). The molecule has 1 heterocycles. The number of carboxylic acid groups (broad SMARTS) is 1. The van der Waals surface area contributed by atoms with Crippen LogP contribution in [0.2, 0.25) is 0 Å². The van der Waals surface area contributed by atoms with Crippen molar-refractivity contribution in [1.82, 2.24) is 5.32 Å². The van der Waals surface area contributed by atoms with E-state index in [1.54, 1.807) is 11.3 Å². The van der Waals surface area contributed by atoms with Crippen molar-refractivity contribution in [2.24, 2.45) is 0 Å². The van der Waals surface area contributed by atoms with E-state index in [-0.39, 0.29) is 0 Å². The van der Waals surface area contributed by atoms with Crippen LogP contribution in [0, 0.1) is 0 Å². The Morgan fingerprint density at radius 3 is 2.59 bits per heavy atom. The van der Waals surface area contributed by atoms with Crippen LogP contribution < -0.4 is 5.32 Å². The minimum absolute atomic E-state index is 0.573. The van der Waals surface area contributed by atoms with Crippen LogP contribution in [0.15, 0.2) is 47.8 Å². The first-order valence-electron chi connectivity index (χ1n) is 5.31. The lowest BCUT2D eigenvalue weighted by atomic mass is 10.1. The molecule has 1 aromatic heterocycles. The van der Waals surface area contributed by atoms with E-state index in [9.17, 15) is 9.90 Å². The average Bonchev–Trinajstić information content (AvgIpc) is 2.83. The topological polar surface area (TPSA) is 49.3 Å². The lowest BCUT2D eigenvalue weighted by Gasteiger charge is -2.14. The highest BCUT2D eigenvalue weighted by molar-refractivity contribution is 7.09. The van der Waals surface area contributed by atoms with Gasteiger partial charge in [-0.2, -0.15) is 0 Å². The van der Waals surface area contributed by atoms with Crippen molar-refractivity contribution in [3.8, 4) is 0 Å². The van der Waals surface area contributed by atoms with Crippen molar-refractivity contribution in [2.75, 3.05) is 0 Å². The average molecular weight is 247 g/mol. The summed E-state index contributed by atoms with van der Waals surface area (Å²) in [5.41, 5.74) is 0.775. The molecule has 1 atom stereocenters. The Hall–Kier alpha value is -1.65. The highest BCUT2D eigenvalue weighted by Gasteiger charge is 2.18. The van der Waals surface area contributed by atoms with Crippen LogP contribution in [0.4, 0.5) is 0 Å². The summed E-state index contributed by atoms with van der Waals surface area (Å²) in [6, 6.07) is 12.5. The molecule has 0 aliphatic heterocycles. The fourth-order valence-electron chi connectivity index (χ4n) is 1.61. The third-order valence-electron chi connectivity index (χ3n) is 2.44. The predicted molar refractivity (Wildman–Crippen MR) is 68.0 cm³/mol. The second-order valence-electron chi connectivity index (χ2n) is 3.64. The SMILES string of the molecule is O=C(O)C(NCc1cccs1)c1ccccc1. The van der Waals surface area contributed by atoms with Crippen LogP contribution >= 0.6 is 11.3 Å². The Morgan fingerprint density at radius 1 is 1.24 bits per heavy atom. The number of carboxylic acids is 1. The van der Waals surface area contributed by atoms with E-state index in [0.29, 0.717) is 6.54 Å². The number of benzene rings is 1. The zero-order valence-corrected chi connectivity index (χ0v) is 9.98. The van der Waals surface area contributed by atoms with Crippen LogP contribution in [0.25, 0.3) is 0 Å². The molecule has 0 bridgehead atoms. The van der Waals surface area contributed by atoms with Gasteiger partial charge in [-0.1, -0.05) is 36.4 Å². The van der Waals surface area contributed by atoms with Gasteiger partial charge in [0.15, 0.2) is 0 Å². The molecule has 2 rings (SSSR count). The molecule has 0 aliphatic carbocycles. The second kappa shape index (κ2) is 5.61. The van der Waals surface area contributed by atoms with Gasteiger partial charge in [0.1, 0.15) is 6.04 Å². The molecule has 0 radical (unpaired) electrons. The first kappa shape index (κ1) is 11.8. The Labute approximate surface area is 104 Å². The zero-order chi connectivity index (χ0) is 12.1. The Bertz CT molecular complexity index is 467. The quantitative estimate of drug-likeness (QED) is 0.854. The number of hydrogen-bond acceptors (Lipinski definition) is 3. The molecule has 0 spiro atoms. The van der Waals surface area contributed by atoms with Crippen molar-refractivity contribution in [3.63, 3.8) is 0 Å². The van der Waals surface area contributed by atoms with Gasteiger partial charge < -0.3 is 5.11 Å². The molecule has 3 nitrogen and oxygen atoms in total. The van der Waals surface area contributed by atoms with E-state index >= 15 is 0 Å². The smallest absolute Gasteiger partial charge is 0.325 e. The van der Waals surface area contributed by atoms with Gasteiger partial charge in [-0.15, -0.1) is 11.3 Å². The molecule has 4 heteroatoms. The normalized spacial score (nSPS) is 12.2. The summed E-state index contributed by atoms with van der Waals surface area (Å²) in [7, 11) is 0. The number of hydrogen-bond donors (Lipinski definition) is 2. The third kappa shape index (κ3) is 3.15. The van der Waals surface area contributed by atoms with Gasteiger partial charge in [-0.3, -0.25) is 10.1 Å². The van der Waals surface area contributed by atoms with Crippen LogP contribution in [0.5, 0.6) is 0 Å². The molecular formula is C13H13NO2S. The molecular weight excluding hydrogens is 234 g/mol. The van der Waals surface area contributed by atoms with Gasteiger partial charge in [-0.25, -0.2) is 0 Å². The molecule has 1 unspecified atom stereocenters. The summed E-state index contributed by atoms with van der Waals surface area (Å²) < 4.78 is 0. The van der Waals surface area contributed by atoms with E-state index in [2.05, 4.69) is 5.32 Å². The maximum Gasteiger partial charge on any atom is 0.325 e. The minimum atomic E-state index is -0.854. The van der Waals surface area contributed by atoms with Crippen molar-refractivity contribution in [1.29, 1.82) is 0 Å². The maximum absolute atomic E-state index is 11.2. The van der Waals surface area contributed by atoms with Crippen LogP contribution in [0.1, 0.15) is 16.5 Å². The van der Waals surface area contributed by atoms with Crippen molar-refractivity contribution in [3.05, 3.63) is 58.3 Å². The van der Waals surface area contributed by atoms with Gasteiger partial charge in [0.2, 0.25) is 0 Å². The van der Waals surface area contributed by atoms with Gasteiger partial charge in [-0.05, 0) is 17.0 Å². The number of nitrogens with one attached hydrogen (secondary N) is 1. The Morgan fingerprint density at radius 2 is 2.00 bits per heavy atom. The van der Waals surface area contributed by atoms with Gasteiger partial charge in [0.25, 0.3) is 0 Å². The van der Waals surface area contributed by atoms with Gasteiger partial charge in [0, 0.05) is 11.4 Å². The fourth-order valence-corrected chi connectivity index (χ4v) is 2.26. The number of thiophene rings is 1. The lowest BCUT2D eigenvalue weighted by molar-refractivity contribution is -0.139. The van der Waals surface area contributed by atoms with E-state index in [4.69, 9.17) is 0 Å². The Balaban J connectivity index is 2.06. The van der Waals surface area contributed by atoms with Crippen LogP contribution in [-0.4, -0.2) is 11.1 Å². The molecule has 2 N–H and O–H groups in total. The predicted octanol–water partition coefficient (Wildman–Crippen LogP) is 2.66. The summed E-state index contributed by atoms with van der Waals surface area (Å²) in [4.78, 5) is 12.3. The summed E-state index contributed by atoms with van der Waals surface area (Å²) in [6.45, 7) is 0.573. The van der Waals surface area contributed by atoms with E-state index < -0.39 is 12.0 Å². The van der Waals surface area contributed by atoms with Crippen LogP contribution in [0.3, 0.4) is 0 Å². The first-order valence-corrected chi connectivity index (χ1v) is 6.19. The number of aliphatic carboxylic acids is 1. The zero-order valence-electron chi connectivity index (χ0n) is 9.17. The summed E-state index contributed by atoms with van der Waals surface area (Å²) in [6.07, 6.45) is 0. The first-order chi connectivity index (χ1) is 8.27. The summed E-state index contributed by atoms with van der Waals surface area (Å²) >= 11 is 1.62. The maximum atomic E-state index is 11.2. The molecule has 1 aromatic carbocycles. The largest absolute Gasteiger partial charge is 0.480 e. The van der Waals surface area contributed by atoms with E-state index in [1.807, 2.05) is 47.8 Å². The summed E-state index contributed by atoms with van der Waals surface area (Å²) in [5, 5.41) is 14.2. The monoisotopic (exact) mass is 247 g/mol. The fraction of sp³-hybridized carbons (Fsp3) is 0.154. The van der Waals surface area contributed by atoms with Crippen molar-refractivity contribution >= 4 is 17.3 Å². The third-order valence-corrected chi connectivity index (χ3v) is 3.32. The van der Waals surface area contributed by atoms with Crippen LogP contribution in [-0.2, 0) is 11.3 Å². The molecule has 2 aromatic rings. The minimum Gasteiger partial charge on any atom is -0.480 e.